The summed E-state index contributed by atoms with van der Waals surface area (Å²) in [6.07, 6.45) is 1.67. The zero-order valence-corrected chi connectivity index (χ0v) is 12.3. The number of nitrogens with one attached hydrogen (secondary N) is 2. The van der Waals surface area contributed by atoms with Gasteiger partial charge in [-0.05, 0) is 39.3 Å². The van der Waals surface area contributed by atoms with Gasteiger partial charge in [-0.3, -0.25) is 14.4 Å². The van der Waals surface area contributed by atoms with Crippen LogP contribution in [0.5, 0.6) is 0 Å². The molecule has 1 aromatic heterocycles. The smallest absolute Gasteiger partial charge is 0.309 e. The number of rotatable bonds is 7. The van der Waals surface area contributed by atoms with Crippen LogP contribution in [0.2, 0.25) is 0 Å². The highest BCUT2D eigenvalue weighted by atomic mass is 16.4. The Hall–Kier alpha value is -2.31. The highest BCUT2D eigenvalue weighted by Crippen LogP contribution is 2.19. The molecule has 1 unspecified atom stereocenters. The summed E-state index contributed by atoms with van der Waals surface area (Å²) in [5.74, 6) is -1.65. The molecular weight excluding hydrogens is 276 g/mol. The van der Waals surface area contributed by atoms with E-state index in [0.29, 0.717) is 6.42 Å². The van der Waals surface area contributed by atoms with Gasteiger partial charge in [-0.1, -0.05) is 0 Å². The summed E-state index contributed by atoms with van der Waals surface area (Å²) in [6, 6.07) is 2.33. The summed E-state index contributed by atoms with van der Waals surface area (Å²) >= 11 is 0. The van der Waals surface area contributed by atoms with Crippen LogP contribution in [-0.2, 0) is 9.59 Å². The molecule has 116 valence electrons. The fraction of sp³-hybridized carbons (Fsp3) is 0.500. The van der Waals surface area contributed by atoms with E-state index in [4.69, 9.17) is 9.52 Å². The Morgan fingerprint density at radius 2 is 2.05 bits per heavy atom. The number of carboxylic acid groups (broad SMARTS) is 1. The van der Waals surface area contributed by atoms with Crippen LogP contribution in [0.4, 0.5) is 0 Å². The van der Waals surface area contributed by atoms with Crippen LogP contribution in [0.25, 0.3) is 0 Å². The second kappa shape index (κ2) is 6.92. The summed E-state index contributed by atoms with van der Waals surface area (Å²) < 4.78 is 4.92. The average Bonchev–Trinajstić information content (AvgIpc) is 2.91. The summed E-state index contributed by atoms with van der Waals surface area (Å²) in [7, 11) is 0. The summed E-state index contributed by atoms with van der Waals surface area (Å²) in [5, 5.41) is 14.0. The molecule has 0 aromatic carbocycles. The Morgan fingerprint density at radius 3 is 2.57 bits per heavy atom. The molecule has 1 atom stereocenters. The molecule has 1 heterocycles. The van der Waals surface area contributed by atoms with Crippen molar-refractivity contribution in [2.75, 3.05) is 6.54 Å². The van der Waals surface area contributed by atoms with E-state index in [2.05, 4.69) is 10.6 Å². The quantitative estimate of drug-likeness (QED) is 0.696. The Labute approximate surface area is 122 Å². The zero-order chi connectivity index (χ0) is 16.0. The van der Waals surface area contributed by atoms with E-state index < -0.39 is 23.3 Å². The number of hydrogen-bond donors (Lipinski definition) is 3. The number of amides is 2. The van der Waals surface area contributed by atoms with E-state index in [1.807, 2.05) is 0 Å². The number of carbonyl (C=O) groups is 3. The first-order valence-corrected chi connectivity index (χ1v) is 6.59. The van der Waals surface area contributed by atoms with E-state index >= 15 is 0 Å². The van der Waals surface area contributed by atoms with Crippen molar-refractivity contribution in [3.05, 3.63) is 24.2 Å². The van der Waals surface area contributed by atoms with Gasteiger partial charge in [0.1, 0.15) is 6.04 Å². The molecule has 0 fully saturated rings. The number of aliphatic carboxylic acids is 1. The molecule has 1 aromatic rings. The highest BCUT2D eigenvalue weighted by Gasteiger charge is 2.27. The van der Waals surface area contributed by atoms with Crippen LogP contribution in [-0.4, -0.2) is 35.5 Å². The fourth-order valence-corrected chi connectivity index (χ4v) is 1.50. The Balaban J connectivity index is 2.38. The summed E-state index contributed by atoms with van der Waals surface area (Å²) in [5.41, 5.74) is -0.909. The van der Waals surface area contributed by atoms with Gasteiger partial charge in [-0.2, -0.15) is 0 Å². The molecule has 2 amide bonds. The number of carboxylic acids is 1. The third kappa shape index (κ3) is 4.94. The Kier molecular flexibility index (Phi) is 5.52. The Morgan fingerprint density at radius 1 is 1.38 bits per heavy atom. The van der Waals surface area contributed by atoms with Gasteiger partial charge in [0.15, 0.2) is 5.76 Å². The van der Waals surface area contributed by atoms with Crippen molar-refractivity contribution in [2.45, 2.75) is 33.2 Å². The van der Waals surface area contributed by atoms with Gasteiger partial charge in [0.05, 0.1) is 11.7 Å². The lowest BCUT2D eigenvalue weighted by Crippen LogP contribution is -2.45. The molecule has 21 heavy (non-hydrogen) atoms. The lowest BCUT2D eigenvalue weighted by atomic mass is 9.90. The molecule has 0 bridgehead atoms. The van der Waals surface area contributed by atoms with Gasteiger partial charge >= 0.3 is 5.97 Å². The van der Waals surface area contributed by atoms with Crippen molar-refractivity contribution in [1.29, 1.82) is 0 Å². The minimum Gasteiger partial charge on any atom is -0.481 e. The fourth-order valence-electron chi connectivity index (χ4n) is 1.50. The van der Waals surface area contributed by atoms with Gasteiger partial charge in [0.25, 0.3) is 5.91 Å². The monoisotopic (exact) mass is 296 g/mol. The second-order valence-corrected chi connectivity index (χ2v) is 5.40. The molecule has 0 aliphatic heterocycles. The lowest BCUT2D eigenvalue weighted by molar-refractivity contribution is -0.147. The van der Waals surface area contributed by atoms with Gasteiger partial charge in [0, 0.05) is 6.54 Å². The molecule has 0 saturated carbocycles. The molecule has 0 spiro atoms. The molecule has 7 heteroatoms. The zero-order valence-electron chi connectivity index (χ0n) is 12.3. The van der Waals surface area contributed by atoms with Crippen molar-refractivity contribution in [1.82, 2.24) is 10.6 Å². The van der Waals surface area contributed by atoms with Crippen LogP contribution in [0.1, 0.15) is 37.7 Å². The van der Waals surface area contributed by atoms with Gasteiger partial charge in [-0.15, -0.1) is 0 Å². The largest absolute Gasteiger partial charge is 0.481 e. The van der Waals surface area contributed by atoms with Crippen molar-refractivity contribution >= 4 is 17.8 Å². The average molecular weight is 296 g/mol. The number of hydrogen-bond acceptors (Lipinski definition) is 4. The normalized spacial score (nSPS) is 12.5. The van der Waals surface area contributed by atoms with Crippen molar-refractivity contribution in [2.24, 2.45) is 5.41 Å². The third-order valence-electron chi connectivity index (χ3n) is 3.11. The van der Waals surface area contributed by atoms with Crippen molar-refractivity contribution < 1.29 is 23.9 Å². The van der Waals surface area contributed by atoms with E-state index in [9.17, 15) is 14.4 Å². The predicted octanol–water partition coefficient (Wildman–Crippen LogP) is 1.01. The topological polar surface area (TPSA) is 109 Å². The van der Waals surface area contributed by atoms with E-state index in [1.54, 1.807) is 26.8 Å². The first kappa shape index (κ1) is 16.7. The van der Waals surface area contributed by atoms with Crippen LogP contribution in [0, 0.1) is 5.41 Å². The van der Waals surface area contributed by atoms with Crippen molar-refractivity contribution in [3.63, 3.8) is 0 Å². The molecule has 0 aliphatic carbocycles. The molecule has 0 radical (unpaired) electrons. The predicted molar refractivity (Wildman–Crippen MR) is 74.7 cm³/mol. The SMILES string of the molecule is CC(NC(=O)c1ccco1)C(=O)NCCC(C)(C)C(=O)O. The van der Waals surface area contributed by atoms with Crippen LogP contribution >= 0.6 is 0 Å². The highest BCUT2D eigenvalue weighted by molar-refractivity contribution is 5.95. The Bertz CT molecular complexity index is 507. The van der Waals surface area contributed by atoms with Crippen LogP contribution < -0.4 is 10.6 Å². The number of furan rings is 1. The minimum atomic E-state index is -0.920. The molecular formula is C14H20N2O5. The maximum absolute atomic E-state index is 11.8. The summed E-state index contributed by atoms with van der Waals surface area (Å²) in [4.78, 5) is 34.4. The van der Waals surface area contributed by atoms with Crippen molar-refractivity contribution in [3.8, 4) is 0 Å². The standard InChI is InChI=1S/C14H20N2O5/c1-9(16-12(18)10-5-4-8-21-10)11(17)15-7-6-14(2,3)13(19)20/h4-5,8-9H,6-7H2,1-3H3,(H,15,17)(H,16,18)(H,19,20). The molecule has 0 aliphatic rings. The van der Waals surface area contributed by atoms with Gasteiger partial charge in [0.2, 0.25) is 5.91 Å². The van der Waals surface area contributed by atoms with E-state index in [-0.39, 0.29) is 18.2 Å². The number of carbonyl (C=O) groups excluding carboxylic acids is 2. The first-order valence-electron chi connectivity index (χ1n) is 6.59. The van der Waals surface area contributed by atoms with Gasteiger partial charge in [-0.25, -0.2) is 0 Å². The third-order valence-corrected chi connectivity index (χ3v) is 3.11. The molecule has 0 saturated heterocycles. The molecule has 7 nitrogen and oxygen atoms in total. The minimum absolute atomic E-state index is 0.127. The van der Waals surface area contributed by atoms with E-state index in [1.165, 1.54) is 12.3 Å². The lowest BCUT2D eigenvalue weighted by Gasteiger charge is -2.20. The van der Waals surface area contributed by atoms with Crippen LogP contribution in [0.15, 0.2) is 22.8 Å². The first-order chi connectivity index (χ1) is 9.74. The second-order valence-electron chi connectivity index (χ2n) is 5.40. The van der Waals surface area contributed by atoms with Crippen LogP contribution in [0.3, 0.4) is 0 Å². The molecule has 1 rings (SSSR count). The van der Waals surface area contributed by atoms with E-state index in [0.717, 1.165) is 0 Å². The maximum atomic E-state index is 11.8. The van der Waals surface area contributed by atoms with Gasteiger partial charge < -0.3 is 20.2 Å². The molecule has 3 N–H and O–H groups in total. The summed E-state index contributed by atoms with van der Waals surface area (Å²) in [6.45, 7) is 4.94. The maximum Gasteiger partial charge on any atom is 0.309 e.